The lowest BCUT2D eigenvalue weighted by Crippen LogP contribution is -2.40. The van der Waals surface area contributed by atoms with Gasteiger partial charge in [-0.2, -0.15) is 0 Å². The number of benzene rings is 1. The van der Waals surface area contributed by atoms with Crippen LogP contribution in [0.5, 0.6) is 0 Å². The first-order chi connectivity index (χ1) is 10.0. The molecule has 2 aliphatic carbocycles. The van der Waals surface area contributed by atoms with Gasteiger partial charge in [0.1, 0.15) is 4.99 Å². The van der Waals surface area contributed by atoms with Gasteiger partial charge in [-0.05, 0) is 56.1 Å². The van der Waals surface area contributed by atoms with Crippen LogP contribution in [0.1, 0.15) is 48.5 Å². The molecule has 4 atom stereocenters. The summed E-state index contributed by atoms with van der Waals surface area (Å²) in [6.07, 6.45) is 5.37. The van der Waals surface area contributed by atoms with E-state index in [4.69, 9.17) is 18.0 Å². The Morgan fingerprint density at radius 2 is 2.10 bits per heavy atom. The van der Waals surface area contributed by atoms with Crippen molar-refractivity contribution in [1.29, 1.82) is 0 Å². The van der Waals surface area contributed by atoms with Crippen LogP contribution in [0.3, 0.4) is 0 Å². The van der Waals surface area contributed by atoms with Gasteiger partial charge in [0.15, 0.2) is 0 Å². The predicted octanol–water partition coefficient (Wildman–Crippen LogP) is 2.88. The summed E-state index contributed by atoms with van der Waals surface area (Å²) in [5, 5.41) is 3.17. The third-order valence-corrected chi connectivity index (χ3v) is 5.44. The van der Waals surface area contributed by atoms with Crippen LogP contribution in [0.4, 0.5) is 0 Å². The maximum absolute atomic E-state index is 12.4. The third kappa shape index (κ3) is 2.95. The molecule has 0 radical (unpaired) electrons. The smallest absolute Gasteiger partial charge is 0.251 e. The van der Waals surface area contributed by atoms with Crippen LogP contribution in [0, 0.1) is 17.8 Å². The number of hydrogen-bond donors (Lipinski definition) is 2. The molecular formula is C17H22N2OS. The highest BCUT2D eigenvalue weighted by Gasteiger charge is 2.42. The topological polar surface area (TPSA) is 55.1 Å². The Morgan fingerprint density at radius 3 is 2.71 bits per heavy atom. The number of nitrogens with two attached hydrogens (primary N) is 1. The Balaban J connectivity index is 1.66. The van der Waals surface area contributed by atoms with Crippen molar-refractivity contribution in [2.75, 3.05) is 0 Å². The van der Waals surface area contributed by atoms with Gasteiger partial charge in [-0.25, -0.2) is 0 Å². The minimum absolute atomic E-state index is 0.0247. The maximum atomic E-state index is 12.4. The van der Waals surface area contributed by atoms with Crippen molar-refractivity contribution in [3.05, 3.63) is 35.4 Å². The molecule has 0 aromatic heterocycles. The quantitative estimate of drug-likeness (QED) is 0.841. The number of nitrogens with one attached hydrogen (secondary N) is 1. The van der Waals surface area contributed by atoms with Crippen molar-refractivity contribution in [2.45, 2.75) is 38.6 Å². The van der Waals surface area contributed by atoms with Gasteiger partial charge in [-0.3, -0.25) is 4.79 Å². The first-order valence-corrected chi connectivity index (χ1v) is 8.16. The van der Waals surface area contributed by atoms with E-state index >= 15 is 0 Å². The molecule has 2 aliphatic rings. The van der Waals surface area contributed by atoms with Gasteiger partial charge in [0, 0.05) is 17.2 Å². The first-order valence-electron chi connectivity index (χ1n) is 7.75. The number of carbonyl (C=O) groups excluding carboxylic acids is 1. The predicted molar refractivity (Wildman–Crippen MR) is 88.2 cm³/mol. The molecule has 112 valence electrons. The maximum Gasteiger partial charge on any atom is 0.251 e. The number of thiocarbonyl (C=S) groups is 1. The van der Waals surface area contributed by atoms with Gasteiger partial charge in [0.05, 0.1) is 0 Å². The zero-order chi connectivity index (χ0) is 15.0. The Bertz CT molecular complexity index is 572. The van der Waals surface area contributed by atoms with Gasteiger partial charge < -0.3 is 11.1 Å². The van der Waals surface area contributed by atoms with Crippen LogP contribution in [-0.2, 0) is 0 Å². The summed E-state index contributed by atoms with van der Waals surface area (Å²) >= 11 is 4.97. The molecule has 2 fully saturated rings. The molecule has 2 saturated carbocycles. The summed E-state index contributed by atoms with van der Waals surface area (Å²) in [4.78, 5) is 12.7. The summed E-state index contributed by atoms with van der Waals surface area (Å²) in [7, 11) is 0. The van der Waals surface area contributed by atoms with E-state index in [1.165, 1.54) is 25.7 Å². The molecular weight excluding hydrogens is 280 g/mol. The Labute approximate surface area is 131 Å². The molecule has 0 saturated heterocycles. The Kier molecular flexibility index (Phi) is 3.98. The highest BCUT2D eigenvalue weighted by molar-refractivity contribution is 7.80. The fourth-order valence-corrected chi connectivity index (χ4v) is 4.24. The first kappa shape index (κ1) is 14.5. The largest absolute Gasteiger partial charge is 0.389 e. The van der Waals surface area contributed by atoms with Crippen LogP contribution >= 0.6 is 12.2 Å². The van der Waals surface area contributed by atoms with Crippen LogP contribution in [0.2, 0.25) is 0 Å². The second kappa shape index (κ2) is 5.76. The van der Waals surface area contributed by atoms with Crippen LogP contribution in [-0.4, -0.2) is 16.9 Å². The summed E-state index contributed by atoms with van der Waals surface area (Å²) in [5.41, 5.74) is 7.00. The molecule has 0 spiro atoms. The number of carbonyl (C=O) groups is 1. The molecule has 0 heterocycles. The van der Waals surface area contributed by atoms with Crippen molar-refractivity contribution in [2.24, 2.45) is 23.5 Å². The fraction of sp³-hybridized carbons (Fsp3) is 0.529. The molecule has 1 aromatic carbocycles. The number of amides is 1. The molecule has 3 rings (SSSR count). The summed E-state index contributed by atoms with van der Waals surface area (Å²) in [5.74, 6) is 2.33. The van der Waals surface area contributed by atoms with Gasteiger partial charge in [-0.15, -0.1) is 0 Å². The third-order valence-electron chi connectivity index (χ3n) is 5.20. The van der Waals surface area contributed by atoms with E-state index in [2.05, 4.69) is 12.2 Å². The second-order valence-electron chi connectivity index (χ2n) is 6.55. The lowest BCUT2D eigenvalue weighted by atomic mass is 9.84. The lowest BCUT2D eigenvalue weighted by molar-refractivity contribution is 0.0915. The van der Waals surface area contributed by atoms with E-state index in [0.717, 1.165) is 17.4 Å². The number of fused-ring (bicyclic) bond motifs is 2. The van der Waals surface area contributed by atoms with Crippen molar-refractivity contribution in [1.82, 2.24) is 5.32 Å². The molecule has 1 amide bonds. The van der Waals surface area contributed by atoms with E-state index < -0.39 is 0 Å². The number of hydrogen-bond acceptors (Lipinski definition) is 2. The summed E-state index contributed by atoms with van der Waals surface area (Å²) in [6, 6.07) is 7.47. The molecule has 0 aliphatic heterocycles. The summed E-state index contributed by atoms with van der Waals surface area (Å²) < 4.78 is 0. The highest BCUT2D eigenvalue weighted by Crippen LogP contribution is 2.49. The average molecular weight is 302 g/mol. The van der Waals surface area contributed by atoms with Crippen LogP contribution in [0.25, 0.3) is 0 Å². The van der Waals surface area contributed by atoms with Crippen molar-refractivity contribution in [3.63, 3.8) is 0 Å². The normalized spacial score (nSPS) is 28.3. The van der Waals surface area contributed by atoms with Crippen molar-refractivity contribution in [3.8, 4) is 0 Å². The Hall–Kier alpha value is -1.42. The molecule has 4 unspecified atom stereocenters. The fourth-order valence-electron chi connectivity index (χ4n) is 4.12. The van der Waals surface area contributed by atoms with Gasteiger partial charge in [0.25, 0.3) is 5.91 Å². The second-order valence-corrected chi connectivity index (χ2v) is 6.99. The SMILES string of the molecule is CC(NC(=O)c1cccc(C(N)=S)c1)C1CC2CCC1C2. The standard InChI is InChI=1S/C17H22N2OS/c1-10(15-8-11-5-6-12(15)7-11)19-17(20)14-4-2-3-13(9-14)16(18)21/h2-4,9-12,15H,5-8H2,1H3,(H2,18,21)(H,19,20). The van der Waals surface area contributed by atoms with Crippen molar-refractivity contribution >= 4 is 23.1 Å². The van der Waals surface area contributed by atoms with Crippen LogP contribution in [0.15, 0.2) is 24.3 Å². The molecule has 4 heteroatoms. The zero-order valence-electron chi connectivity index (χ0n) is 12.3. The van der Waals surface area contributed by atoms with Gasteiger partial charge in [-0.1, -0.05) is 30.8 Å². The zero-order valence-corrected chi connectivity index (χ0v) is 13.2. The minimum Gasteiger partial charge on any atom is -0.389 e. The Morgan fingerprint density at radius 1 is 1.33 bits per heavy atom. The monoisotopic (exact) mass is 302 g/mol. The van der Waals surface area contributed by atoms with Crippen molar-refractivity contribution < 1.29 is 4.79 Å². The lowest BCUT2D eigenvalue weighted by Gasteiger charge is -2.28. The molecule has 2 bridgehead atoms. The van der Waals surface area contributed by atoms with E-state index in [1.54, 1.807) is 6.07 Å². The van der Waals surface area contributed by atoms with Crippen LogP contribution < -0.4 is 11.1 Å². The summed E-state index contributed by atoms with van der Waals surface area (Å²) in [6.45, 7) is 2.14. The van der Waals surface area contributed by atoms with E-state index in [-0.39, 0.29) is 11.9 Å². The van der Waals surface area contributed by atoms with Gasteiger partial charge >= 0.3 is 0 Å². The van der Waals surface area contributed by atoms with E-state index in [1.807, 2.05) is 18.2 Å². The van der Waals surface area contributed by atoms with Gasteiger partial charge in [0.2, 0.25) is 0 Å². The van der Waals surface area contributed by atoms with E-state index in [0.29, 0.717) is 16.5 Å². The van der Waals surface area contributed by atoms with E-state index in [9.17, 15) is 4.79 Å². The number of rotatable bonds is 4. The molecule has 3 nitrogen and oxygen atoms in total. The average Bonchev–Trinajstić information content (AvgIpc) is 3.10. The molecule has 21 heavy (non-hydrogen) atoms. The minimum atomic E-state index is -0.0247. The molecule has 3 N–H and O–H groups in total. The highest BCUT2D eigenvalue weighted by atomic mass is 32.1. The molecule has 1 aromatic rings.